The minimum Gasteiger partial charge on any atom is -0.480 e. The number of amides is 1. The fourth-order valence-corrected chi connectivity index (χ4v) is 4.07. The van der Waals surface area contributed by atoms with Crippen molar-refractivity contribution >= 4 is 57.9 Å². The van der Waals surface area contributed by atoms with E-state index in [1.807, 2.05) is 30.3 Å². The molecule has 1 amide bonds. The number of aliphatic carboxylic acids is 1. The molecule has 1 N–H and O–H groups in total. The van der Waals surface area contributed by atoms with Crippen molar-refractivity contribution in [2.75, 3.05) is 0 Å². The molecule has 2 aromatic rings. The van der Waals surface area contributed by atoms with Gasteiger partial charge in [0.1, 0.15) is 10.4 Å². The summed E-state index contributed by atoms with van der Waals surface area (Å²) in [5.41, 5.74) is 1.63. The van der Waals surface area contributed by atoms with Crippen LogP contribution in [0.1, 0.15) is 11.1 Å². The van der Waals surface area contributed by atoms with E-state index < -0.39 is 17.9 Å². The molecule has 1 saturated heterocycles. The summed E-state index contributed by atoms with van der Waals surface area (Å²) in [6.07, 6.45) is 1.88. The van der Waals surface area contributed by atoms with Gasteiger partial charge in [-0.25, -0.2) is 4.79 Å². The van der Waals surface area contributed by atoms with E-state index in [2.05, 4.69) is 0 Å². The second-order valence-electron chi connectivity index (χ2n) is 5.65. The molecule has 1 fully saturated rings. The summed E-state index contributed by atoms with van der Waals surface area (Å²) in [5, 5.41) is 10.2. The Morgan fingerprint density at radius 2 is 1.85 bits per heavy atom. The van der Waals surface area contributed by atoms with Gasteiger partial charge in [-0.05, 0) is 29.3 Å². The van der Waals surface area contributed by atoms with Gasteiger partial charge >= 0.3 is 5.97 Å². The van der Waals surface area contributed by atoms with E-state index in [4.69, 9.17) is 23.8 Å². The number of nitrogens with zero attached hydrogens (tertiary/aromatic N) is 1. The third-order valence-corrected chi connectivity index (χ3v) is 5.44. The average molecular weight is 404 g/mol. The maximum atomic E-state index is 12.8. The maximum absolute atomic E-state index is 12.8. The number of halogens is 1. The number of hydrogen-bond donors (Lipinski definition) is 1. The number of benzene rings is 2. The lowest BCUT2D eigenvalue weighted by Crippen LogP contribution is -2.45. The van der Waals surface area contributed by atoms with Gasteiger partial charge in [0.05, 0.1) is 4.91 Å². The fraction of sp³-hybridized carbons (Fsp3) is 0.105. The van der Waals surface area contributed by atoms with Crippen molar-refractivity contribution in [3.05, 3.63) is 75.7 Å². The van der Waals surface area contributed by atoms with Gasteiger partial charge in [-0.2, -0.15) is 0 Å². The maximum Gasteiger partial charge on any atom is 0.327 e. The van der Waals surface area contributed by atoms with Crippen LogP contribution in [0.2, 0.25) is 5.02 Å². The Morgan fingerprint density at radius 1 is 1.19 bits per heavy atom. The molecule has 0 aliphatic carbocycles. The van der Waals surface area contributed by atoms with Crippen LogP contribution in [0.15, 0.2) is 59.5 Å². The molecule has 1 aliphatic rings. The summed E-state index contributed by atoms with van der Waals surface area (Å²) in [6, 6.07) is 15.2. The molecule has 132 valence electrons. The van der Waals surface area contributed by atoms with E-state index in [9.17, 15) is 14.7 Å². The molecule has 26 heavy (non-hydrogen) atoms. The van der Waals surface area contributed by atoms with E-state index in [0.29, 0.717) is 9.93 Å². The number of thiocarbonyl (C=S) groups is 1. The number of hydrogen-bond acceptors (Lipinski definition) is 4. The Morgan fingerprint density at radius 3 is 2.46 bits per heavy atom. The van der Waals surface area contributed by atoms with E-state index in [1.54, 1.807) is 30.3 Å². The van der Waals surface area contributed by atoms with Crippen LogP contribution in [0.5, 0.6) is 0 Å². The number of carboxylic acid groups (broad SMARTS) is 1. The molecule has 3 rings (SSSR count). The highest BCUT2D eigenvalue weighted by molar-refractivity contribution is 8.26. The molecule has 0 radical (unpaired) electrons. The molecular weight excluding hydrogens is 390 g/mol. The molecular formula is C19H14ClNO3S2. The topological polar surface area (TPSA) is 57.6 Å². The summed E-state index contributed by atoms with van der Waals surface area (Å²) in [5.74, 6) is -1.48. The molecule has 1 aliphatic heterocycles. The van der Waals surface area contributed by atoms with Crippen LogP contribution < -0.4 is 0 Å². The number of carboxylic acids is 1. The normalized spacial score (nSPS) is 17.0. The van der Waals surface area contributed by atoms with Gasteiger partial charge in [-0.1, -0.05) is 78.0 Å². The Hall–Kier alpha value is -2.15. The number of rotatable bonds is 5. The zero-order valence-electron chi connectivity index (χ0n) is 13.5. The Balaban J connectivity index is 1.86. The SMILES string of the molecule is O=C(O)[C@@H](Cc1ccccc1)N1C(=O)/C(=C\c2ccc(Cl)cc2)SC1=S. The predicted octanol–water partition coefficient (Wildman–Crippen LogP) is 4.24. The van der Waals surface area contributed by atoms with Crippen LogP contribution in [0.3, 0.4) is 0 Å². The van der Waals surface area contributed by atoms with Gasteiger partial charge in [0.15, 0.2) is 0 Å². The second kappa shape index (κ2) is 8.03. The van der Waals surface area contributed by atoms with E-state index >= 15 is 0 Å². The standard InChI is InChI=1S/C19H14ClNO3S2/c20-14-8-6-13(7-9-14)11-16-17(22)21(19(25)26-16)15(18(23)24)10-12-4-2-1-3-5-12/h1-9,11,15H,10H2,(H,23,24)/b16-11+/t15-/m1/s1. The minimum absolute atomic E-state index is 0.191. The molecule has 2 aromatic carbocycles. The number of carbonyl (C=O) groups is 2. The Labute approximate surface area is 165 Å². The van der Waals surface area contributed by atoms with Gasteiger partial charge in [0.25, 0.3) is 5.91 Å². The van der Waals surface area contributed by atoms with Crippen molar-refractivity contribution in [2.24, 2.45) is 0 Å². The third kappa shape index (κ3) is 4.15. The highest BCUT2D eigenvalue weighted by Crippen LogP contribution is 2.34. The molecule has 0 unspecified atom stereocenters. The van der Waals surface area contributed by atoms with Crippen molar-refractivity contribution < 1.29 is 14.7 Å². The quantitative estimate of drug-likeness (QED) is 0.597. The summed E-state index contributed by atoms with van der Waals surface area (Å²) >= 11 is 12.3. The van der Waals surface area contributed by atoms with Crippen molar-refractivity contribution in [2.45, 2.75) is 12.5 Å². The highest BCUT2D eigenvalue weighted by atomic mass is 35.5. The number of carbonyl (C=O) groups excluding carboxylic acids is 1. The zero-order valence-corrected chi connectivity index (χ0v) is 15.9. The van der Waals surface area contributed by atoms with E-state index in [1.165, 1.54) is 4.90 Å². The van der Waals surface area contributed by atoms with Crippen LogP contribution in [-0.2, 0) is 16.0 Å². The summed E-state index contributed by atoms with van der Waals surface area (Å²) in [4.78, 5) is 26.2. The lowest BCUT2D eigenvalue weighted by molar-refractivity contribution is -0.145. The van der Waals surface area contributed by atoms with Gasteiger partial charge < -0.3 is 5.11 Å². The Bertz CT molecular complexity index is 881. The first-order chi connectivity index (χ1) is 12.5. The van der Waals surface area contributed by atoms with Gasteiger partial charge in [-0.15, -0.1) is 0 Å². The van der Waals surface area contributed by atoms with Crippen molar-refractivity contribution in [1.82, 2.24) is 4.90 Å². The molecule has 1 atom stereocenters. The molecule has 1 heterocycles. The monoisotopic (exact) mass is 403 g/mol. The van der Waals surface area contributed by atoms with Crippen molar-refractivity contribution in [3.8, 4) is 0 Å². The second-order valence-corrected chi connectivity index (χ2v) is 7.76. The molecule has 0 spiro atoms. The molecule has 4 nitrogen and oxygen atoms in total. The highest BCUT2D eigenvalue weighted by Gasteiger charge is 2.40. The van der Waals surface area contributed by atoms with E-state index in [-0.39, 0.29) is 10.7 Å². The third-order valence-electron chi connectivity index (χ3n) is 3.86. The summed E-state index contributed by atoms with van der Waals surface area (Å²) in [6.45, 7) is 0. The average Bonchev–Trinajstić information content (AvgIpc) is 2.89. The van der Waals surface area contributed by atoms with Gasteiger partial charge in [-0.3, -0.25) is 9.69 Å². The van der Waals surface area contributed by atoms with Crippen LogP contribution in [0.25, 0.3) is 6.08 Å². The predicted molar refractivity (Wildman–Crippen MR) is 108 cm³/mol. The first-order valence-corrected chi connectivity index (χ1v) is 9.35. The first-order valence-electron chi connectivity index (χ1n) is 7.75. The molecule has 0 saturated carbocycles. The summed E-state index contributed by atoms with van der Waals surface area (Å²) in [7, 11) is 0. The summed E-state index contributed by atoms with van der Waals surface area (Å²) < 4.78 is 0.249. The van der Waals surface area contributed by atoms with E-state index in [0.717, 1.165) is 22.9 Å². The molecule has 0 aromatic heterocycles. The van der Waals surface area contributed by atoms with Gasteiger partial charge in [0, 0.05) is 11.4 Å². The lowest BCUT2D eigenvalue weighted by Gasteiger charge is -2.23. The van der Waals surface area contributed by atoms with Gasteiger partial charge in [0.2, 0.25) is 0 Å². The number of thioether (sulfide) groups is 1. The largest absolute Gasteiger partial charge is 0.480 e. The van der Waals surface area contributed by atoms with Crippen molar-refractivity contribution in [1.29, 1.82) is 0 Å². The van der Waals surface area contributed by atoms with Crippen molar-refractivity contribution in [3.63, 3.8) is 0 Å². The van der Waals surface area contributed by atoms with Crippen LogP contribution in [0, 0.1) is 0 Å². The fourth-order valence-electron chi connectivity index (χ4n) is 2.59. The first kappa shape index (κ1) is 18.6. The lowest BCUT2D eigenvalue weighted by atomic mass is 10.0. The van der Waals surface area contributed by atoms with Crippen LogP contribution in [0.4, 0.5) is 0 Å². The Kier molecular flexibility index (Phi) is 5.76. The van der Waals surface area contributed by atoms with Crippen LogP contribution in [-0.4, -0.2) is 32.2 Å². The zero-order chi connectivity index (χ0) is 18.7. The molecule has 0 bridgehead atoms. The smallest absolute Gasteiger partial charge is 0.327 e. The molecule has 7 heteroatoms. The minimum atomic E-state index is -1.09. The van der Waals surface area contributed by atoms with Crippen LogP contribution >= 0.6 is 35.6 Å².